The number of rotatable bonds is 5. The van der Waals surface area contributed by atoms with Crippen molar-refractivity contribution in [2.45, 2.75) is 38.3 Å². The molecule has 5 heterocycles. The summed E-state index contributed by atoms with van der Waals surface area (Å²) in [6.07, 6.45) is 8.54. The highest BCUT2D eigenvalue weighted by Crippen LogP contribution is 2.25. The van der Waals surface area contributed by atoms with Gasteiger partial charge in [0.05, 0.1) is 37.4 Å². The number of carbonyl (C=O) groups is 1. The van der Waals surface area contributed by atoms with Crippen LogP contribution in [0.3, 0.4) is 0 Å². The maximum Gasteiger partial charge on any atom is 0.316 e. The summed E-state index contributed by atoms with van der Waals surface area (Å²) in [6, 6.07) is 0.756. The van der Waals surface area contributed by atoms with E-state index in [0.717, 1.165) is 55.7 Å². The van der Waals surface area contributed by atoms with Gasteiger partial charge in [0, 0.05) is 63.4 Å². The molecule has 10 nitrogen and oxygen atoms in total. The van der Waals surface area contributed by atoms with Crippen molar-refractivity contribution in [3.05, 3.63) is 29.8 Å². The lowest BCUT2D eigenvalue weighted by Gasteiger charge is -2.29. The molecule has 0 N–H and O–H groups in total. The highest BCUT2D eigenvalue weighted by Gasteiger charge is 2.33. The molecule has 0 spiro atoms. The zero-order valence-electron chi connectivity index (χ0n) is 18.3. The fraction of sp³-hybridized carbons (Fsp3) is 0.591. The molecular formula is C22H28N6O4. The summed E-state index contributed by atoms with van der Waals surface area (Å²) < 4.78 is 16.5. The molecule has 0 radical (unpaired) electrons. The van der Waals surface area contributed by atoms with Crippen LogP contribution < -0.4 is 14.4 Å². The van der Waals surface area contributed by atoms with Crippen molar-refractivity contribution in [3.63, 3.8) is 0 Å². The Morgan fingerprint density at radius 1 is 1.06 bits per heavy atom. The molecule has 0 aliphatic carbocycles. The van der Waals surface area contributed by atoms with Crippen molar-refractivity contribution in [2.75, 3.05) is 44.9 Å². The maximum atomic E-state index is 12.7. The van der Waals surface area contributed by atoms with Crippen molar-refractivity contribution in [1.82, 2.24) is 24.8 Å². The molecule has 1 amide bonds. The standard InChI is InChI=1S/C22H28N6O4/c1-30-21-24-11-17(12-25-21)27-7-3-19-16(13-27)10-23-22(26-19)32-18-2-6-28(14-18)20(29)15-4-8-31-9-5-15/h10-12,15,18H,2-9,13-14H2,1H3/t18-/m0/s1. The Kier molecular flexibility index (Phi) is 6.02. The van der Waals surface area contributed by atoms with E-state index in [-0.39, 0.29) is 17.9 Å². The van der Waals surface area contributed by atoms with Gasteiger partial charge in [0.15, 0.2) is 0 Å². The zero-order chi connectivity index (χ0) is 21.9. The van der Waals surface area contributed by atoms with Crippen molar-refractivity contribution in [2.24, 2.45) is 5.92 Å². The first-order valence-electron chi connectivity index (χ1n) is 11.2. The second kappa shape index (κ2) is 9.23. The van der Waals surface area contributed by atoms with Crippen LogP contribution in [-0.4, -0.2) is 76.8 Å². The number of likely N-dealkylation sites (tertiary alicyclic amines) is 1. The lowest BCUT2D eigenvalue weighted by atomic mass is 9.99. The molecule has 2 aromatic rings. The molecule has 0 unspecified atom stereocenters. The first-order chi connectivity index (χ1) is 15.7. The fourth-order valence-corrected chi connectivity index (χ4v) is 4.53. The van der Waals surface area contributed by atoms with Gasteiger partial charge in [-0.05, 0) is 12.8 Å². The fourth-order valence-electron chi connectivity index (χ4n) is 4.53. The second-order valence-corrected chi connectivity index (χ2v) is 8.42. The summed E-state index contributed by atoms with van der Waals surface area (Å²) >= 11 is 0. The molecule has 3 aliphatic heterocycles. The second-order valence-electron chi connectivity index (χ2n) is 8.42. The van der Waals surface area contributed by atoms with E-state index in [2.05, 4.69) is 24.8 Å². The van der Waals surface area contributed by atoms with Gasteiger partial charge in [-0.1, -0.05) is 0 Å². The molecular weight excluding hydrogens is 412 g/mol. The van der Waals surface area contributed by atoms with Gasteiger partial charge in [-0.3, -0.25) is 4.79 Å². The van der Waals surface area contributed by atoms with E-state index < -0.39 is 0 Å². The third-order valence-corrected chi connectivity index (χ3v) is 6.37. The summed E-state index contributed by atoms with van der Waals surface area (Å²) in [5, 5.41) is 0. The third-order valence-electron chi connectivity index (χ3n) is 6.37. The van der Waals surface area contributed by atoms with E-state index >= 15 is 0 Å². The number of ether oxygens (including phenoxy) is 3. The molecule has 32 heavy (non-hydrogen) atoms. The third kappa shape index (κ3) is 4.45. The summed E-state index contributed by atoms with van der Waals surface area (Å²) in [5.41, 5.74) is 3.02. The normalized spacial score (nSPS) is 21.3. The predicted octanol–water partition coefficient (Wildman–Crippen LogP) is 1.24. The molecule has 0 aromatic carbocycles. The summed E-state index contributed by atoms with van der Waals surface area (Å²) in [7, 11) is 1.55. The quantitative estimate of drug-likeness (QED) is 0.679. The molecule has 1 atom stereocenters. The summed E-state index contributed by atoms with van der Waals surface area (Å²) in [5.74, 6) is 0.315. The number of aromatic nitrogens is 4. The van der Waals surface area contributed by atoms with Crippen LogP contribution in [0.1, 0.15) is 30.5 Å². The Morgan fingerprint density at radius 3 is 2.62 bits per heavy atom. The van der Waals surface area contributed by atoms with Crippen LogP contribution in [0.5, 0.6) is 12.0 Å². The zero-order valence-corrected chi connectivity index (χ0v) is 18.3. The molecule has 5 rings (SSSR count). The molecule has 0 bridgehead atoms. The van der Waals surface area contributed by atoms with Crippen LogP contribution in [0.4, 0.5) is 5.69 Å². The van der Waals surface area contributed by atoms with Crippen LogP contribution in [0.15, 0.2) is 18.6 Å². The Labute approximate surface area is 186 Å². The minimum absolute atomic E-state index is 0.0617. The molecule has 0 saturated carbocycles. The molecule has 170 valence electrons. The van der Waals surface area contributed by atoms with Gasteiger partial charge in [-0.25, -0.2) is 15.0 Å². The molecule has 2 saturated heterocycles. The van der Waals surface area contributed by atoms with Crippen LogP contribution >= 0.6 is 0 Å². The van der Waals surface area contributed by atoms with Gasteiger partial charge < -0.3 is 24.0 Å². The van der Waals surface area contributed by atoms with E-state index in [1.54, 1.807) is 19.5 Å². The van der Waals surface area contributed by atoms with E-state index in [1.165, 1.54) is 0 Å². The number of nitrogens with zero attached hydrogens (tertiary/aromatic N) is 6. The molecule has 2 fully saturated rings. The smallest absolute Gasteiger partial charge is 0.316 e. The Morgan fingerprint density at radius 2 is 1.84 bits per heavy atom. The maximum absolute atomic E-state index is 12.7. The van der Waals surface area contributed by atoms with Gasteiger partial charge >= 0.3 is 12.0 Å². The van der Waals surface area contributed by atoms with E-state index in [0.29, 0.717) is 38.3 Å². The van der Waals surface area contributed by atoms with Crippen LogP contribution in [0, 0.1) is 5.92 Å². The monoisotopic (exact) mass is 440 g/mol. The minimum Gasteiger partial charge on any atom is -0.467 e. The Balaban J connectivity index is 1.18. The van der Waals surface area contributed by atoms with Crippen LogP contribution in [0.25, 0.3) is 0 Å². The van der Waals surface area contributed by atoms with E-state index in [4.69, 9.17) is 14.2 Å². The SMILES string of the molecule is COc1ncc(N2CCc3nc(O[C@H]4CCN(C(=O)C5CCOCC5)C4)ncc3C2)cn1. The highest BCUT2D eigenvalue weighted by atomic mass is 16.5. The number of methoxy groups -OCH3 is 1. The Bertz CT molecular complexity index is 950. The lowest BCUT2D eigenvalue weighted by molar-refractivity contribution is -0.137. The summed E-state index contributed by atoms with van der Waals surface area (Å²) in [6.45, 7) is 4.19. The number of anilines is 1. The molecule has 3 aliphatic rings. The van der Waals surface area contributed by atoms with Gasteiger partial charge in [0.2, 0.25) is 5.91 Å². The topological polar surface area (TPSA) is 103 Å². The average molecular weight is 441 g/mol. The Hall–Kier alpha value is -3.01. The number of carbonyl (C=O) groups excluding carboxylic acids is 1. The molecule has 2 aromatic heterocycles. The number of amides is 1. The van der Waals surface area contributed by atoms with Crippen molar-refractivity contribution in [3.8, 4) is 12.0 Å². The van der Waals surface area contributed by atoms with Crippen molar-refractivity contribution in [1.29, 1.82) is 0 Å². The summed E-state index contributed by atoms with van der Waals surface area (Å²) in [4.78, 5) is 34.3. The number of fused-ring (bicyclic) bond motifs is 1. The first-order valence-corrected chi connectivity index (χ1v) is 11.2. The van der Waals surface area contributed by atoms with E-state index in [1.807, 2.05) is 11.1 Å². The van der Waals surface area contributed by atoms with Crippen molar-refractivity contribution >= 4 is 11.6 Å². The van der Waals surface area contributed by atoms with Crippen molar-refractivity contribution < 1.29 is 19.0 Å². The predicted molar refractivity (Wildman–Crippen MR) is 115 cm³/mol. The minimum atomic E-state index is -0.0617. The van der Waals surface area contributed by atoms with Crippen LogP contribution in [-0.2, 0) is 22.5 Å². The van der Waals surface area contributed by atoms with Gasteiger partial charge in [0.1, 0.15) is 6.10 Å². The first kappa shape index (κ1) is 20.9. The lowest BCUT2D eigenvalue weighted by Crippen LogP contribution is -2.38. The van der Waals surface area contributed by atoms with Crippen LogP contribution in [0.2, 0.25) is 0 Å². The van der Waals surface area contributed by atoms with E-state index in [9.17, 15) is 4.79 Å². The highest BCUT2D eigenvalue weighted by molar-refractivity contribution is 5.79. The largest absolute Gasteiger partial charge is 0.467 e. The number of hydrogen-bond acceptors (Lipinski definition) is 9. The van der Waals surface area contributed by atoms with Gasteiger partial charge in [-0.15, -0.1) is 0 Å². The number of hydrogen-bond donors (Lipinski definition) is 0. The molecule has 10 heteroatoms. The van der Waals surface area contributed by atoms with Gasteiger partial charge in [0.25, 0.3) is 0 Å². The average Bonchev–Trinajstić information content (AvgIpc) is 3.32. The van der Waals surface area contributed by atoms with Gasteiger partial charge in [-0.2, -0.15) is 4.98 Å².